The number of rotatable bonds is 6. The maximum atomic E-state index is 12.5. The van der Waals surface area contributed by atoms with Gasteiger partial charge in [-0.15, -0.1) is 0 Å². The summed E-state index contributed by atoms with van der Waals surface area (Å²) in [5.74, 6) is -1.24. The number of aromatic nitrogens is 2. The second kappa shape index (κ2) is 6.56. The minimum Gasteiger partial charge on any atom is -0.478 e. The van der Waals surface area contributed by atoms with E-state index in [1.807, 2.05) is 0 Å². The summed E-state index contributed by atoms with van der Waals surface area (Å²) in [6.45, 7) is 2.44. The van der Waals surface area contributed by atoms with E-state index in [2.05, 4.69) is 9.82 Å². The average Bonchev–Trinajstić information content (AvgIpc) is 2.83. The third-order valence-electron chi connectivity index (χ3n) is 3.25. The molecule has 24 heavy (non-hydrogen) atoms. The van der Waals surface area contributed by atoms with Gasteiger partial charge in [0.25, 0.3) is 16.4 Å². The van der Waals surface area contributed by atoms with Gasteiger partial charge in [-0.2, -0.15) is 5.10 Å². The smallest absolute Gasteiger partial charge is 0.335 e. The summed E-state index contributed by atoms with van der Waals surface area (Å²) in [6, 6.07) is 2.52. The molecule has 2 aromatic rings. The van der Waals surface area contributed by atoms with E-state index in [0.717, 1.165) is 23.1 Å². The fourth-order valence-electron chi connectivity index (χ4n) is 2.22. The molecule has 7 nitrogen and oxygen atoms in total. The van der Waals surface area contributed by atoms with Gasteiger partial charge in [0.05, 0.1) is 22.3 Å². The fourth-order valence-corrected chi connectivity index (χ4v) is 3.50. The first-order chi connectivity index (χ1) is 11.1. The molecular formula is C14H15F2N3O4S. The van der Waals surface area contributed by atoms with Crippen LogP contribution < -0.4 is 4.72 Å². The molecule has 0 atom stereocenters. The second-order valence-corrected chi connectivity index (χ2v) is 6.84. The van der Waals surface area contributed by atoms with E-state index < -0.39 is 29.0 Å². The van der Waals surface area contributed by atoms with Gasteiger partial charge in [-0.05, 0) is 31.0 Å². The average molecular weight is 359 g/mol. The molecule has 0 aliphatic rings. The van der Waals surface area contributed by atoms with Gasteiger partial charge in [-0.25, -0.2) is 22.0 Å². The van der Waals surface area contributed by atoms with Crippen molar-refractivity contribution >= 4 is 21.7 Å². The Hall–Kier alpha value is -2.49. The molecule has 2 N–H and O–H groups in total. The monoisotopic (exact) mass is 359 g/mol. The summed E-state index contributed by atoms with van der Waals surface area (Å²) in [6.07, 6.45) is -0.390. The molecule has 0 radical (unpaired) electrons. The lowest BCUT2D eigenvalue weighted by atomic mass is 10.1. The zero-order valence-corrected chi connectivity index (χ0v) is 13.6. The van der Waals surface area contributed by atoms with Gasteiger partial charge in [-0.3, -0.25) is 9.40 Å². The third-order valence-corrected chi connectivity index (χ3v) is 4.78. The van der Waals surface area contributed by atoms with Crippen LogP contribution in [0.25, 0.3) is 0 Å². The Morgan fingerprint density at radius 1 is 1.33 bits per heavy atom. The molecule has 1 aromatic carbocycles. The van der Waals surface area contributed by atoms with Crippen molar-refractivity contribution in [3.8, 4) is 0 Å². The zero-order chi connectivity index (χ0) is 18.1. The van der Waals surface area contributed by atoms with E-state index in [1.165, 1.54) is 13.0 Å². The highest BCUT2D eigenvalue weighted by molar-refractivity contribution is 7.92. The maximum Gasteiger partial charge on any atom is 0.335 e. The number of benzene rings is 1. The number of hydrogen-bond donors (Lipinski definition) is 2. The van der Waals surface area contributed by atoms with Gasteiger partial charge in [0.15, 0.2) is 0 Å². The highest BCUT2D eigenvalue weighted by atomic mass is 32.2. The Kier molecular flexibility index (Phi) is 4.88. The lowest BCUT2D eigenvalue weighted by Crippen LogP contribution is -2.15. The number of alkyl halides is 2. The second-order valence-electron chi connectivity index (χ2n) is 5.19. The molecule has 0 unspecified atom stereocenters. The van der Waals surface area contributed by atoms with Gasteiger partial charge >= 0.3 is 5.97 Å². The van der Waals surface area contributed by atoms with Crippen LogP contribution in [-0.2, 0) is 16.6 Å². The third kappa shape index (κ3) is 3.88. The number of nitrogens with one attached hydrogen (secondary N) is 1. The summed E-state index contributed by atoms with van der Waals surface area (Å²) in [4.78, 5) is 11.0. The van der Waals surface area contributed by atoms with Crippen LogP contribution in [0.15, 0.2) is 29.4 Å². The Morgan fingerprint density at radius 3 is 2.58 bits per heavy atom. The highest BCUT2D eigenvalue weighted by Crippen LogP contribution is 2.23. The van der Waals surface area contributed by atoms with Crippen LogP contribution in [0.2, 0.25) is 0 Å². The van der Waals surface area contributed by atoms with Gasteiger partial charge < -0.3 is 5.11 Å². The molecule has 1 heterocycles. The van der Waals surface area contributed by atoms with Crippen molar-refractivity contribution in [3.63, 3.8) is 0 Å². The van der Waals surface area contributed by atoms with Gasteiger partial charge in [-0.1, -0.05) is 6.07 Å². The Labute approximate surface area is 137 Å². The topological polar surface area (TPSA) is 101 Å². The molecule has 0 saturated carbocycles. The van der Waals surface area contributed by atoms with Crippen LogP contribution in [-0.4, -0.2) is 35.7 Å². The maximum absolute atomic E-state index is 12.5. The normalized spacial score (nSPS) is 11.7. The largest absolute Gasteiger partial charge is 0.478 e. The van der Waals surface area contributed by atoms with Crippen molar-refractivity contribution in [3.05, 3.63) is 41.2 Å². The first-order valence-corrected chi connectivity index (χ1v) is 8.26. The van der Waals surface area contributed by atoms with E-state index in [0.29, 0.717) is 11.1 Å². The molecule has 10 heteroatoms. The number of anilines is 1. The van der Waals surface area contributed by atoms with Gasteiger partial charge in [0.1, 0.15) is 6.54 Å². The summed E-state index contributed by atoms with van der Waals surface area (Å²) < 4.78 is 52.6. The van der Waals surface area contributed by atoms with E-state index in [1.54, 1.807) is 6.92 Å². The van der Waals surface area contributed by atoms with Crippen LogP contribution in [0.3, 0.4) is 0 Å². The van der Waals surface area contributed by atoms with Gasteiger partial charge in [0, 0.05) is 6.20 Å². The summed E-state index contributed by atoms with van der Waals surface area (Å²) in [7, 11) is -4.09. The molecule has 1 aromatic heterocycles. The van der Waals surface area contributed by atoms with E-state index in [4.69, 9.17) is 5.11 Å². The highest BCUT2D eigenvalue weighted by Gasteiger charge is 2.21. The SMILES string of the molecule is Cc1cc(C)c(S(=O)(=O)Nc2cnn(CC(F)F)c2)cc1C(=O)O. The predicted octanol–water partition coefficient (Wildman–Crippen LogP) is 2.26. The van der Waals surface area contributed by atoms with E-state index >= 15 is 0 Å². The fraction of sp³-hybridized carbons (Fsp3) is 0.286. The van der Waals surface area contributed by atoms with Crippen LogP contribution in [0.4, 0.5) is 14.5 Å². The summed E-state index contributed by atoms with van der Waals surface area (Å²) in [5, 5.41) is 12.8. The number of aromatic carboxylic acids is 1. The number of carboxylic acids is 1. The Balaban J connectivity index is 2.35. The first-order valence-electron chi connectivity index (χ1n) is 6.78. The van der Waals surface area contributed by atoms with Crippen LogP contribution in [0.5, 0.6) is 0 Å². The van der Waals surface area contributed by atoms with Crippen molar-refractivity contribution < 1.29 is 27.1 Å². The molecule has 0 saturated heterocycles. The number of sulfonamides is 1. The number of halogens is 2. The number of carbonyl (C=O) groups is 1. The predicted molar refractivity (Wildman–Crippen MR) is 81.9 cm³/mol. The van der Waals surface area contributed by atoms with Crippen molar-refractivity contribution in [2.24, 2.45) is 0 Å². The van der Waals surface area contributed by atoms with E-state index in [-0.39, 0.29) is 16.1 Å². The van der Waals surface area contributed by atoms with Crippen molar-refractivity contribution in [1.29, 1.82) is 0 Å². The number of aryl methyl sites for hydroxylation is 2. The first kappa shape index (κ1) is 17.9. The minimum atomic E-state index is -4.09. The van der Waals surface area contributed by atoms with Crippen molar-refractivity contribution in [2.75, 3.05) is 4.72 Å². The number of carboxylic acid groups (broad SMARTS) is 1. The molecule has 0 spiro atoms. The zero-order valence-electron chi connectivity index (χ0n) is 12.8. The number of nitrogens with zero attached hydrogens (tertiary/aromatic N) is 2. The molecule has 0 bridgehead atoms. The molecule has 2 rings (SSSR count). The van der Waals surface area contributed by atoms with E-state index in [9.17, 15) is 22.0 Å². The molecule has 0 fully saturated rings. The number of hydrogen-bond acceptors (Lipinski definition) is 4. The summed E-state index contributed by atoms with van der Waals surface area (Å²) >= 11 is 0. The molecule has 130 valence electrons. The summed E-state index contributed by atoms with van der Waals surface area (Å²) in [5.41, 5.74) is 0.676. The molecule has 0 aliphatic carbocycles. The van der Waals surface area contributed by atoms with Crippen LogP contribution >= 0.6 is 0 Å². The Bertz CT molecular complexity index is 878. The lowest BCUT2D eigenvalue weighted by molar-refractivity contribution is 0.0695. The van der Waals surface area contributed by atoms with Crippen LogP contribution in [0.1, 0.15) is 21.5 Å². The minimum absolute atomic E-state index is 0.00694. The van der Waals surface area contributed by atoms with Crippen molar-refractivity contribution in [1.82, 2.24) is 9.78 Å². The molecule has 0 aliphatic heterocycles. The van der Waals surface area contributed by atoms with Crippen LogP contribution in [0, 0.1) is 13.8 Å². The van der Waals surface area contributed by atoms with Crippen molar-refractivity contribution in [2.45, 2.75) is 31.7 Å². The molecular weight excluding hydrogens is 344 g/mol. The molecule has 0 amide bonds. The van der Waals surface area contributed by atoms with Gasteiger partial charge in [0.2, 0.25) is 0 Å². The lowest BCUT2D eigenvalue weighted by Gasteiger charge is -2.11. The standard InChI is InChI=1S/C14H15F2N3O4S/c1-8-3-9(2)12(4-11(8)14(20)21)24(22,23)18-10-5-17-19(6-10)7-13(15)16/h3-6,13,18H,7H2,1-2H3,(H,20,21). The quantitative estimate of drug-likeness (QED) is 0.824. The Morgan fingerprint density at radius 2 is 2.00 bits per heavy atom.